The first-order valence-corrected chi connectivity index (χ1v) is 8.32. The number of nitrogens with one attached hydrogen (secondary N) is 3. The van der Waals surface area contributed by atoms with Gasteiger partial charge in [-0.25, -0.2) is 0 Å². The molecule has 1 heterocycles. The lowest BCUT2D eigenvalue weighted by Crippen LogP contribution is -2.44. The predicted octanol–water partition coefficient (Wildman–Crippen LogP) is 2.20. The number of carbonyl (C=O) groups is 2. The van der Waals surface area contributed by atoms with Gasteiger partial charge in [-0.15, -0.1) is 0 Å². The van der Waals surface area contributed by atoms with Crippen molar-refractivity contribution in [1.82, 2.24) is 10.6 Å². The molecule has 6 heteroatoms. The van der Waals surface area contributed by atoms with Gasteiger partial charge in [0, 0.05) is 22.1 Å². The van der Waals surface area contributed by atoms with Crippen LogP contribution in [0.5, 0.6) is 0 Å². The maximum Gasteiger partial charge on any atom is 0.243 e. The van der Waals surface area contributed by atoms with E-state index in [1.807, 2.05) is 25.1 Å². The number of hydrogen-bond acceptors (Lipinski definition) is 3. The van der Waals surface area contributed by atoms with Gasteiger partial charge < -0.3 is 16.0 Å². The number of amides is 2. The minimum absolute atomic E-state index is 0.00307. The van der Waals surface area contributed by atoms with Gasteiger partial charge in [0.05, 0.1) is 6.54 Å². The van der Waals surface area contributed by atoms with Gasteiger partial charge in [-0.05, 0) is 50.9 Å². The van der Waals surface area contributed by atoms with Crippen LogP contribution in [0.15, 0.2) is 22.7 Å². The number of rotatable bonds is 4. The number of piperidine rings is 1. The summed E-state index contributed by atoms with van der Waals surface area (Å²) < 4.78 is 0.904. The van der Waals surface area contributed by atoms with Crippen molar-refractivity contribution in [1.29, 1.82) is 0 Å². The Kier molecular flexibility index (Phi) is 5.97. The smallest absolute Gasteiger partial charge is 0.243 e. The van der Waals surface area contributed by atoms with E-state index in [1.165, 1.54) is 0 Å². The molecule has 0 spiro atoms. The molecule has 3 N–H and O–H groups in total. The van der Waals surface area contributed by atoms with Crippen LogP contribution in [0.2, 0.25) is 0 Å². The van der Waals surface area contributed by atoms with Gasteiger partial charge in [0.1, 0.15) is 0 Å². The number of hydrogen-bond donors (Lipinski definition) is 3. The van der Waals surface area contributed by atoms with Gasteiger partial charge in [-0.3, -0.25) is 9.59 Å². The van der Waals surface area contributed by atoms with Gasteiger partial charge in [0.15, 0.2) is 0 Å². The quantitative estimate of drug-likeness (QED) is 0.763. The van der Waals surface area contributed by atoms with E-state index in [-0.39, 0.29) is 24.3 Å². The van der Waals surface area contributed by atoms with E-state index in [0.717, 1.165) is 35.1 Å². The van der Waals surface area contributed by atoms with Gasteiger partial charge in [-0.2, -0.15) is 0 Å². The molecule has 1 saturated heterocycles. The summed E-state index contributed by atoms with van der Waals surface area (Å²) in [7, 11) is 0. The van der Waals surface area contributed by atoms with Crippen molar-refractivity contribution in [3.05, 3.63) is 28.2 Å². The van der Waals surface area contributed by atoms with Crippen molar-refractivity contribution in [3.8, 4) is 0 Å². The zero-order valence-corrected chi connectivity index (χ0v) is 14.5. The molecule has 2 atom stereocenters. The number of benzene rings is 1. The minimum Gasteiger partial charge on any atom is -0.347 e. The third kappa shape index (κ3) is 4.81. The minimum atomic E-state index is -0.212. The van der Waals surface area contributed by atoms with Crippen LogP contribution in [0.1, 0.15) is 25.3 Å². The largest absolute Gasteiger partial charge is 0.347 e. The highest BCUT2D eigenvalue weighted by molar-refractivity contribution is 9.10. The lowest BCUT2D eigenvalue weighted by molar-refractivity contribution is -0.128. The molecular formula is C16H22BrN3O2. The zero-order chi connectivity index (χ0) is 16.1. The molecule has 2 rings (SSSR count). The highest BCUT2D eigenvalue weighted by Gasteiger charge is 2.24. The molecule has 0 aliphatic carbocycles. The monoisotopic (exact) mass is 367 g/mol. The number of anilines is 1. The average Bonchev–Trinajstić information content (AvgIpc) is 2.48. The van der Waals surface area contributed by atoms with Crippen LogP contribution in [0, 0.1) is 12.8 Å². The summed E-state index contributed by atoms with van der Waals surface area (Å²) in [6.45, 7) is 4.85. The molecule has 0 unspecified atom stereocenters. The molecular weight excluding hydrogens is 346 g/mol. The zero-order valence-electron chi connectivity index (χ0n) is 12.9. The summed E-state index contributed by atoms with van der Waals surface area (Å²) in [5, 5.41) is 8.87. The molecule has 1 aromatic carbocycles. The van der Waals surface area contributed by atoms with Crippen LogP contribution in [0.3, 0.4) is 0 Å². The van der Waals surface area contributed by atoms with Crippen LogP contribution in [-0.2, 0) is 9.59 Å². The number of halogens is 1. The van der Waals surface area contributed by atoms with Crippen molar-refractivity contribution in [2.45, 2.75) is 32.7 Å². The summed E-state index contributed by atoms with van der Waals surface area (Å²) in [5.74, 6) is -0.248. The highest BCUT2D eigenvalue weighted by atomic mass is 79.9. The lowest BCUT2D eigenvalue weighted by atomic mass is 9.92. The van der Waals surface area contributed by atoms with Gasteiger partial charge in [0.25, 0.3) is 0 Å². The Bertz CT molecular complexity index is 562. The lowest BCUT2D eigenvalue weighted by Gasteiger charge is -2.27. The Morgan fingerprint density at radius 2 is 2.18 bits per heavy atom. The fourth-order valence-corrected chi connectivity index (χ4v) is 2.97. The van der Waals surface area contributed by atoms with Crippen molar-refractivity contribution in [2.24, 2.45) is 5.92 Å². The molecule has 0 aromatic heterocycles. The molecule has 0 radical (unpaired) electrons. The maximum atomic E-state index is 12.1. The summed E-state index contributed by atoms with van der Waals surface area (Å²) in [4.78, 5) is 24.1. The summed E-state index contributed by atoms with van der Waals surface area (Å²) in [5.41, 5.74) is 1.74. The molecule has 1 aliphatic rings. The fraction of sp³-hybridized carbons (Fsp3) is 0.500. The van der Waals surface area contributed by atoms with Gasteiger partial charge in [-0.1, -0.05) is 22.0 Å². The summed E-state index contributed by atoms with van der Waals surface area (Å²) in [6, 6.07) is 6.05. The summed E-state index contributed by atoms with van der Waals surface area (Å²) >= 11 is 3.38. The molecule has 22 heavy (non-hydrogen) atoms. The molecule has 2 amide bonds. The Morgan fingerprint density at radius 3 is 2.91 bits per heavy atom. The Balaban J connectivity index is 1.82. The van der Waals surface area contributed by atoms with E-state index in [0.29, 0.717) is 6.04 Å². The molecule has 1 fully saturated rings. The van der Waals surface area contributed by atoms with Crippen molar-refractivity contribution >= 4 is 33.4 Å². The van der Waals surface area contributed by atoms with Crippen LogP contribution in [0.25, 0.3) is 0 Å². The SMILES string of the molecule is Cc1ccc(Br)cc1NC(=O)CNC(=O)[C@H]1CCN[C@@H](C)C1. The summed E-state index contributed by atoms with van der Waals surface area (Å²) in [6.07, 6.45) is 1.64. The molecule has 0 saturated carbocycles. The van der Waals surface area contributed by atoms with Crippen LogP contribution >= 0.6 is 15.9 Å². The topological polar surface area (TPSA) is 70.2 Å². The normalized spacial score (nSPS) is 21.2. The van der Waals surface area contributed by atoms with Crippen molar-refractivity contribution in [2.75, 3.05) is 18.4 Å². The van der Waals surface area contributed by atoms with E-state index in [9.17, 15) is 9.59 Å². The molecule has 0 bridgehead atoms. The molecule has 120 valence electrons. The van der Waals surface area contributed by atoms with Crippen molar-refractivity contribution < 1.29 is 9.59 Å². The first-order valence-electron chi connectivity index (χ1n) is 7.53. The maximum absolute atomic E-state index is 12.1. The Labute approximate surface area is 139 Å². The second-order valence-corrected chi connectivity index (χ2v) is 6.72. The van der Waals surface area contributed by atoms with Gasteiger partial charge >= 0.3 is 0 Å². The van der Waals surface area contributed by atoms with Crippen LogP contribution in [-0.4, -0.2) is 30.9 Å². The first kappa shape index (κ1) is 17.0. The Hall–Kier alpha value is -1.40. The number of carbonyl (C=O) groups excluding carboxylic acids is 2. The first-order chi connectivity index (χ1) is 10.5. The molecule has 1 aliphatic heterocycles. The number of aryl methyl sites for hydroxylation is 1. The second-order valence-electron chi connectivity index (χ2n) is 5.80. The van der Waals surface area contributed by atoms with E-state index in [4.69, 9.17) is 0 Å². The third-order valence-corrected chi connectivity index (χ3v) is 4.38. The van der Waals surface area contributed by atoms with Crippen LogP contribution in [0.4, 0.5) is 5.69 Å². The van der Waals surface area contributed by atoms with Crippen LogP contribution < -0.4 is 16.0 Å². The molecule has 5 nitrogen and oxygen atoms in total. The van der Waals surface area contributed by atoms with E-state index >= 15 is 0 Å². The third-order valence-electron chi connectivity index (χ3n) is 3.89. The van der Waals surface area contributed by atoms with E-state index < -0.39 is 0 Å². The van der Waals surface area contributed by atoms with E-state index in [2.05, 4.69) is 38.8 Å². The second kappa shape index (κ2) is 7.74. The standard InChI is InChI=1S/C16H22BrN3O2/c1-10-3-4-13(17)8-14(10)20-15(21)9-19-16(22)12-5-6-18-11(2)7-12/h3-4,8,11-12,18H,5-7,9H2,1-2H3,(H,19,22)(H,20,21)/t11-,12-/m0/s1. The Morgan fingerprint density at radius 1 is 1.41 bits per heavy atom. The van der Waals surface area contributed by atoms with E-state index in [1.54, 1.807) is 0 Å². The average molecular weight is 368 g/mol. The predicted molar refractivity (Wildman–Crippen MR) is 90.7 cm³/mol. The van der Waals surface area contributed by atoms with Crippen molar-refractivity contribution in [3.63, 3.8) is 0 Å². The fourth-order valence-electron chi connectivity index (χ4n) is 2.61. The van der Waals surface area contributed by atoms with Gasteiger partial charge in [0.2, 0.25) is 11.8 Å². The highest BCUT2D eigenvalue weighted by Crippen LogP contribution is 2.20. The molecule has 1 aromatic rings.